The number of hydrogen-bond acceptors (Lipinski definition) is 2. The Morgan fingerprint density at radius 3 is 2.55 bits per heavy atom. The molecule has 20 heavy (non-hydrogen) atoms. The van der Waals surface area contributed by atoms with Crippen molar-refractivity contribution in [3.05, 3.63) is 34.6 Å². The number of rotatable bonds is 6. The fourth-order valence-corrected chi connectivity index (χ4v) is 1.88. The number of carbonyl (C=O) groups excluding carboxylic acids is 1. The van der Waals surface area contributed by atoms with E-state index in [0.29, 0.717) is 6.54 Å². The summed E-state index contributed by atoms with van der Waals surface area (Å²) in [5.41, 5.74) is 0.165. The molecule has 0 heterocycles. The third kappa shape index (κ3) is 4.81. The fraction of sp³-hybridized carbons (Fsp3) is 0.429. The van der Waals surface area contributed by atoms with Gasteiger partial charge in [-0.05, 0) is 24.1 Å². The highest BCUT2D eigenvalue weighted by molar-refractivity contribution is 6.30. The van der Waals surface area contributed by atoms with Gasteiger partial charge >= 0.3 is 5.97 Å². The highest BCUT2D eigenvalue weighted by Gasteiger charge is 2.18. The summed E-state index contributed by atoms with van der Waals surface area (Å²) >= 11 is 5.57. The van der Waals surface area contributed by atoms with Gasteiger partial charge in [0, 0.05) is 18.7 Å². The second kappa shape index (κ2) is 7.24. The van der Waals surface area contributed by atoms with E-state index in [1.54, 1.807) is 0 Å². The van der Waals surface area contributed by atoms with E-state index in [1.165, 1.54) is 17.0 Å². The minimum atomic E-state index is -0.978. The van der Waals surface area contributed by atoms with Gasteiger partial charge in [-0.3, -0.25) is 9.59 Å². The number of aliphatic carboxylic acids is 1. The third-order valence-corrected chi connectivity index (χ3v) is 2.94. The SMILES string of the molecule is CC(C)CN(CCC(=O)O)C(=O)c1ccc(Cl)c(F)c1. The molecule has 4 nitrogen and oxygen atoms in total. The second-order valence-electron chi connectivity index (χ2n) is 4.92. The van der Waals surface area contributed by atoms with Crippen molar-refractivity contribution >= 4 is 23.5 Å². The summed E-state index contributed by atoms with van der Waals surface area (Å²) in [4.78, 5) is 24.3. The van der Waals surface area contributed by atoms with Gasteiger partial charge < -0.3 is 10.0 Å². The number of amides is 1. The van der Waals surface area contributed by atoms with Gasteiger partial charge in [0.2, 0.25) is 0 Å². The number of nitrogens with zero attached hydrogens (tertiary/aromatic N) is 1. The zero-order valence-electron chi connectivity index (χ0n) is 11.4. The van der Waals surface area contributed by atoms with Crippen LogP contribution in [-0.4, -0.2) is 35.0 Å². The summed E-state index contributed by atoms with van der Waals surface area (Å²) in [5.74, 6) is -1.85. The first kappa shape index (κ1) is 16.4. The van der Waals surface area contributed by atoms with Crippen LogP contribution in [0.5, 0.6) is 0 Å². The van der Waals surface area contributed by atoms with Gasteiger partial charge in [0.25, 0.3) is 5.91 Å². The van der Waals surface area contributed by atoms with E-state index in [4.69, 9.17) is 16.7 Å². The summed E-state index contributed by atoms with van der Waals surface area (Å²) in [7, 11) is 0. The molecule has 0 aliphatic carbocycles. The van der Waals surface area contributed by atoms with Crippen molar-refractivity contribution < 1.29 is 19.1 Å². The molecule has 0 radical (unpaired) electrons. The largest absolute Gasteiger partial charge is 0.481 e. The molecule has 0 spiro atoms. The molecule has 6 heteroatoms. The quantitative estimate of drug-likeness (QED) is 0.878. The maximum absolute atomic E-state index is 13.4. The molecule has 0 fully saturated rings. The van der Waals surface area contributed by atoms with Crippen molar-refractivity contribution in [1.29, 1.82) is 0 Å². The lowest BCUT2D eigenvalue weighted by atomic mass is 10.1. The maximum Gasteiger partial charge on any atom is 0.305 e. The molecule has 0 unspecified atom stereocenters. The summed E-state index contributed by atoms with van der Waals surface area (Å²) in [5, 5.41) is 8.66. The lowest BCUT2D eigenvalue weighted by Crippen LogP contribution is -2.36. The molecule has 1 aromatic rings. The van der Waals surface area contributed by atoms with E-state index in [-0.39, 0.29) is 29.5 Å². The second-order valence-corrected chi connectivity index (χ2v) is 5.32. The van der Waals surface area contributed by atoms with Crippen LogP contribution in [0, 0.1) is 11.7 Å². The monoisotopic (exact) mass is 301 g/mol. The lowest BCUT2D eigenvalue weighted by molar-refractivity contribution is -0.137. The first-order chi connectivity index (χ1) is 9.31. The number of hydrogen-bond donors (Lipinski definition) is 1. The molecule has 0 atom stereocenters. The third-order valence-electron chi connectivity index (χ3n) is 2.63. The number of carboxylic acids is 1. The molecule has 0 aliphatic heterocycles. The smallest absolute Gasteiger partial charge is 0.305 e. The summed E-state index contributed by atoms with van der Waals surface area (Å²) in [6.07, 6.45) is -0.144. The van der Waals surface area contributed by atoms with E-state index in [2.05, 4.69) is 0 Å². The summed E-state index contributed by atoms with van der Waals surface area (Å²) in [6.45, 7) is 4.35. The van der Waals surface area contributed by atoms with E-state index in [1.807, 2.05) is 13.8 Å². The topological polar surface area (TPSA) is 57.6 Å². The first-order valence-corrected chi connectivity index (χ1v) is 6.65. The van der Waals surface area contributed by atoms with Gasteiger partial charge in [-0.2, -0.15) is 0 Å². The maximum atomic E-state index is 13.4. The van der Waals surface area contributed by atoms with E-state index in [0.717, 1.165) is 6.07 Å². The van der Waals surface area contributed by atoms with Crippen LogP contribution in [0.1, 0.15) is 30.6 Å². The van der Waals surface area contributed by atoms with Crippen molar-refractivity contribution in [2.45, 2.75) is 20.3 Å². The molecule has 110 valence electrons. The molecule has 0 bridgehead atoms. The number of carboxylic acid groups (broad SMARTS) is 1. The van der Waals surface area contributed by atoms with E-state index >= 15 is 0 Å². The van der Waals surface area contributed by atoms with Crippen LogP contribution in [-0.2, 0) is 4.79 Å². The van der Waals surface area contributed by atoms with Gasteiger partial charge in [-0.15, -0.1) is 0 Å². The predicted octanol–water partition coefficient (Wildman–Crippen LogP) is 3.05. The van der Waals surface area contributed by atoms with Crippen molar-refractivity contribution in [3.8, 4) is 0 Å². The molecular weight excluding hydrogens is 285 g/mol. The molecule has 1 aromatic carbocycles. The van der Waals surface area contributed by atoms with Gasteiger partial charge in [0.05, 0.1) is 11.4 Å². The molecule has 0 saturated heterocycles. The van der Waals surface area contributed by atoms with Crippen LogP contribution in [0.15, 0.2) is 18.2 Å². The Balaban J connectivity index is 2.90. The predicted molar refractivity (Wildman–Crippen MR) is 74.4 cm³/mol. The first-order valence-electron chi connectivity index (χ1n) is 6.27. The highest BCUT2D eigenvalue weighted by Crippen LogP contribution is 2.17. The van der Waals surface area contributed by atoms with Crippen molar-refractivity contribution in [3.63, 3.8) is 0 Å². The van der Waals surface area contributed by atoms with Crippen molar-refractivity contribution in [2.24, 2.45) is 5.92 Å². The van der Waals surface area contributed by atoms with Crippen LogP contribution in [0.25, 0.3) is 0 Å². The Morgan fingerprint density at radius 2 is 2.05 bits per heavy atom. The molecule has 0 saturated carbocycles. The Morgan fingerprint density at radius 1 is 1.40 bits per heavy atom. The molecule has 1 rings (SSSR count). The number of benzene rings is 1. The molecule has 0 aromatic heterocycles. The zero-order chi connectivity index (χ0) is 15.3. The van der Waals surface area contributed by atoms with Crippen LogP contribution < -0.4 is 0 Å². The van der Waals surface area contributed by atoms with Crippen molar-refractivity contribution in [1.82, 2.24) is 4.90 Å². The van der Waals surface area contributed by atoms with Crippen LogP contribution in [0.3, 0.4) is 0 Å². The Kier molecular flexibility index (Phi) is 5.95. The molecule has 1 amide bonds. The Hall–Kier alpha value is -1.62. The number of halogens is 2. The molecule has 1 N–H and O–H groups in total. The normalized spacial score (nSPS) is 10.7. The van der Waals surface area contributed by atoms with E-state index < -0.39 is 17.7 Å². The van der Waals surface area contributed by atoms with Gasteiger partial charge in [-0.25, -0.2) is 4.39 Å². The molecular formula is C14H17ClFNO3. The minimum absolute atomic E-state index is 0.0532. The van der Waals surface area contributed by atoms with Crippen LogP contribution in [0.4, 0.5) is 4.39 Å². The van der Waals surface area contributed by atoms with Crippen LogP contribution >= 0.6 is 11.6 Å². The van der Waals surface area contributed by atoms with Gasteiger partial charge in [-0.1, -0.05) is 25.4 Å². The summed E-state index contributed by atoms with van der Waals surface area (Å²) in [6, 6.07) is 3.81. The summed E-state index contributed by atoms with van der Waals surface area (Å²) < 4.78 is 13.4. The average molecular weight is 302 g/mol. The van der Waals surface area contributed by atoms with Gasteiger partial charge in [0.15, 0.2) is 0 Å². The van der Waals surface area contributed by atoms with E-state index in [9.17, 15) is 14.0 Å². The lowest BCUT2D eigenvalue weighted by Gasteiger charge is -2.24. The zero-order valence-corrected chi connectivity index (χ0v) is 12.2. The van der Waals surface area contributed by atoms with Gasteiger partial charge in [0.1, 0.15) is 5.82 Å². The minimum Gasteiger partial charge on any atom is -0.481 e. The highest BCUT2D eigenvalue weighted by atomic mass is 35.5. The standard InChI is InChI=1S/C14H17ClFNO3/c1-9(2)8-17(6-5-13(18)19)14(20)10-3-4-11(15)12(16)7-10/h3-4,7,9H,5-6,8H2,1-2H3,(H,18,19). The fourth-order valence-electron chi connectivity index (χ4n) is 1.76. The molecule has 0 aliphatic rings. The Labute approximate surface area is 122 Å². The van der Waals surface area contributed by atoms with Crippen LogP contribution in [0.2, 0.25) is 5.02 Å². The average Bonchev–Trinajstić information content (AvgIpc) is 2.36. The van der Waals surface area contributed by atoms with Crippen molar-refractivity contribution in [2.75, 3.05) is 13.1 Å². The number of carbonyl (C=O) groups is 2. The Bertz CT molecular complexity index is 505.